The summed E-state index contributed by atoms with van der Waals surface area (Å²) in [6, 6.07) is 4.44. The number of nitrogens with zero attached hydrogens (tertiary/aromatic N) is 1. The molecule has 0 aliphatic carbocycles. The number of anilines is 1. The maximum Gasteiger partial charge on any atom is 0.255 e. The Balaban J connectivity index is 1.89. The third kappa shape index (κ3) is 2.34. The topological polar surface area (TPSA) is 95.6 Å². The second kappa shape index (κ2) is 5.25. The van der Waals surface area contributed by atoms with Gasteiger partial charge in [-0.15, -0.1) is 0 Å². The van der Waals surface area contributed by atoms with Gasteiger partial charge in [-0.3, -0.25) is 24.5 Å². The van der Waals surface area contributed by atoms with Crippen LogP contribution in [0.25, 0.3) is 0 Å². The van der Waals surface area contributed by atoms with Crippen molar-refractivity contribution < 1.29 is 19.2 Å². The lowest BCUT2D eigenvalue weighted by atomic mass is 10.0. The van der Waals surface area contributed by atoms with Crippen LogP contribution in [0.3, 0.4) is 0 Å². The van der Waals surface area contributed by atoms with E-state index in [0.717, 1.165) is 0 Å². The van der Waals surface area contributed by atoms with Crippen molar-refractivity contribution in [1.29, 1.82) is 0 Å². The maximum atomic E-state index is 12.5. The Labute approximate surface area is 126 Å². The van der Waals surface area contributed by atoms with Crippen molar-refractivity contribution in [1.82, 2.24) is 10.2 Å². The third-order valence-corrected chi connectivity index (χ3v) is 3.89. The lowest BCUT2D eigenvalue weighted by molar-refractivity contribution is -0.137. The summed E-state index contributed by atoms with van der Waals surface area (Å²) in [5, 5.41) is 4.95. The van der Waals surface area contributed by atoms with Gasteiger partial charge < -0.3 is 10.2 Å². The van der Waals surface area contributed by atoms with Gasteiger partial charge in [-0.05, 0) is 18.6 Å². The Hall–Kier alpha value is -2.70. The first kappa shape index (κ1) is 14.2. The highest BCUT2D eigenvalue weighted by atomic mass is 16.2. The SMILES string of the molecule is CC(=O)Nc1cccc2c1CN(C1CCC(=O)NC1=O)C2=O. The molecule has 2 N–H and O–H groups in total. The maximum absolute atomic E-state index is 12.5. The molecule has 1 atom stereocenters. The molecule has 1 saturated heterocycles. The van der Waals surface area contributed by atoms with Crippen molar-refractivity contribution in [2.75, 3.05) is 5.32 Å². The molecule has 0 bridgehead atoms. The van der Waals surface area contributed by atoms with E-state index in [2.05, 4.69) is 10.6 Å². The van der Waals surface area contributed by atoms with Gasteiger partial charge in [0.25, 0.3) is 5.91 Å². The van der Waals surface area contributed by atoms with E-state index in [1.807, 2.05) is 0 Å². The number of piperidine rings is 1. The Morgan fingerprint density at radius 3 is 2.77 bits per heavy atom. The van der Waals surface area contributed by atoms with E-state index in [4.69, 9.17) is 0 Å². The number of carbonyl (C=O) groups excluding carboxylic acids is 4. The molecular formula is C15H15N3O4. The van der Waals surface area contributed by atoms with Crippen molar-refractivity contribution in [3.8, 4) is 0 Å². The minimum absolute atomic E-state index is 0.217. The fourth-order valence-corrected chi connectivity index (χ4v) is 2.89. The first-order chi connectivity index (χ1) is 10.5. The number of rotatable bonds is 2. The number of hydrogen-bond acceptors (Lipinski definition) is 4. The molecule has 0 saturated carbocycles. The number of hydrogen-bond donors (Lipinski definition) is 2. The van der Waals surface area contributed by atoms with Crippen LogP contribution in [0.5, 0.6) is 0 Å². The van der Waals surface area contributed by atoms with E-state index < -0.39 is 11.9 Å². The highest BCUT2D eigenvalue weighted by Crippen LogP contribution is 2.32. The van der Waals surface area contributed by atoms with Gasteiger partial charge in [-0.2, -0.15) is 0 Å². The molecule has 1 fully saturated rings. The average molecular weight is 301 g/mol. The minimum atomic E-state index is -0.650. The smallest absolute Gasteiger partial charge is 0.255 e. The number of imide groups is 1. The fourth-order valence-electron chi connectivity index (χ4n) is 2.89. The van der Waals surface area contributed by atoms with Gasteiger partial charge in [0.2, 0.25) is 17.7 Å². The summed E-state index contributed by atoms with van der Waals surface area (Å²) in [6.07, 6.45) is 0.537. The molecule has 3 rings (SSSR count). The fraction of sp³-hybridized carbons (Fsp3) is 0.333. The summed E-state index contributed by atoms with van der Waals surface area (Å²) >= 11 is 0. The summed E-state index contributed by atoms with van der Waals surface area (Å²) in [5.41, 5.74) is 1.76. The molecule has 4 amide bonds. The van der Waals surface area contributed by atoms with Gasteiger partial charge in [-0.25, -0.2) is 0 Å². The molecule has 2 aliphatic heterocycles. The van der Waals surface area contributed by atoms with E-state index in [9.17, 15) is 19.2 Å². The van der Waals surface area contributed by atoms with Crippen molar-refractivity contribution >= 4 is 29.3 Å². The Morgan fingerprint density at radius 1 is 1.32 bits per heavy atom. The van der Waals surface area contributed by atoms with Crippen molar-refractivity contribution in [3.63, 3.8) is 0 Å². The zero-order valence-corrected chi connectivity index (χ0v) is 12.0. The third-order valence-electron chi connectivity index (χ3n) is 3.89. The number of nitrogens with one attached hydrogen (secondary N) is 2. The summed E-state index contributed by atoms with van der Waals surface area (Å²) in [5.74, 6) is -1.24. The molecule has 0 radical (unpaired) electrons. The lowest BCUT2D eigenvalue weighted by Crippen LogP contribution is -2.52. The van der Waals surface area contributed by atoms with E-state index in [1.165, 1.54) is 11.8 Å². The lowest BCUT2D eigenvalue weighted by Gasteiger charge is -2.29. The normalized spacial score (nSPS) is 20.7. The second-order valence-electron chi connectivity index (χ2n) is 5.41. The number of carbonyl (C=O) groups is 4. The van der Waals surface area contributed by atoms with Gasteiger partial charge in [0, 0.05) is 36.7 Å². The molecule has 2 heterocycles. The van der Waals surface area contributed by atoms with Crippen LogP contribution >= 0.6 is 0 Å². The van der Waals surface area contributed by atoms with Crippen molar-refractivity contribution in [2.24, 2.45) is 0 Å². The monoisotopic (exact) mass is 301 g/mol. The van der Waals surface area contributed by atoms with Crippen LogP contribution in [-0.2, 0) is 20.9 Å². The largest absolute Gasteiger partial charge is 0.326 e. The quantitative estimate of drug-likeness (QED) is 0.773. The molecule has 114 valence electrons. The van der Waals surface area contributed by atoms with E-state index in [1.54, 1.807) is 18.2 Å². The van der Waals surface area contributed by atoms with Gasteiger partial charge in [0.1, 0.15) is 6.04 Å². The number of amides is 4. The zero-order chi connectivity index (χ0) is 15.9. The summed E-state index contributed by atoms with van der Waals surface area (Å²) < 4.78 is 0. The summed E-state index contributed by atoms with van der Waals surface area (Å²) in [7, 11) is 0. The molecule has 1 aromatic carbocycles. The van der Waals surface area contributed by atoms with Crippen molar-refractivity contribution in [3.05, 3.63) is 29.3 Å². The van der Waals surface area contributed by atoms with Gasteiger partial charge in [0.05, 0.1) is 0 Å². The molecule has 1 unspecified atom stereocenters. The molecule has 7 nitrogen and oxygen atoms in total. The highest BCUT2D eigenvalue weighted by Gasteiger charge is 2.39. The Morgan fingerprint density at radius 2 is 2.09 bits per heavy atom. The molecule has 0 spiro atoms. The summed E-state index contributed by atoms with van der Waals surface area (Å²) in [6.45, 7) is 1.64. The molecule has 1 aromatic rings. The average Bonchev–Trinajstić information content (AvgIpc) is 2.77. The Kier molecular flexibility index (Phi) is 3.40. The van der Waals surface area contributed by atoms with Crippen LogP contribution in [0.2, 0.25) is 0 Å². The molecule has 2 aliphatic rings. The summed E-state index contributed by atoms with van der Waals surface area (Å²) in [4.78, 5) is 48.4. The van der Waals surface area contributed by atoms with Crippen LogP contribution < -0.4 is 10.6 Å². The van der Waals surface area contributed by atoms with Crippen LogP contribution in [-0.4, -0.2) is 34.6 Å². The van der Waals surface area contributed by atoms with Gasteiger partial charge >= 0.3 is 0 Å². The Bertz CT molecular complexity index is 698. The standard InChI is InChI=1S/C15H15N3O4/c1-8(19)16-11-4-2-3-9-10(11)7-18(15(9)22)12-5-6-13(20)17-14(12)21/h2-4,12H,5-7H2,1H3,(H,16,19)(H,17,20,21). The van der Waals surface area contributed by atoms with Crippen molar-refractivity contribution in [2.45, 2.75) is 32.4 Å². The first-order valence-electron chi connectivity index (χ1n) is 7.01. The van der Waals surface area contributed by atoms with E-state index >= 15 is 0 Å². The predicted molar refractivity (Wildman–Crippen MR) is 76.8 cm³/mol. The van der Waals surface area contributed by atoms with Gasteiger partial charge in [0.15, 0.2) is 0 Å². The number of fused-ring (bicyclic) bond motifs is 1. The van der Waals surface area contributed by atoms with Crippen LogP contribution in [0.1, 0.15) is 35.7 Å². The molecule has 7 heteroatoms. The first-order valence-corrected chi connectivity index (χ1v) is 7.01. The zero-order valence-electron chi connectivity index (χ0n) is 12.0. The second-order valence-corrected chi connectivity index (χ2v) is 5.41. The molecule has 0 aromatic heterocycles. The van der Waals surface area contributed by atoms with E-state index in [-0.39, 0.29) is 30.7 Å². The molecule has 22 heavy (non-hydrogen) atoms. The van der Waals surface area contributed by atoms with E-state index in [0.29, 0.717) is 23.2 Å². The molecular weight excluding hydrogens is 286 g/mol. The highest BCUT2D eigenvalue weighted by molar-refractivity contribution is 6.06. The van der Waals surface area contributed by atoms with Crippen LogP contribution in [0, 0.1) is 0 Å². The predicted octanol–water partition coefficient (Wildman–Crippen LogP) is 0.406. The van der Waals surface area contributed by atoms with Crippen LogP contribution in [0.15, 0.2) is 18.2 Å². The minimum Gasteiger partial charge on any atom is -0.326 e. The van der Waals surface area contributed by atoms with Gasteiger partial charge in [-0.1, -0.05) is 6.07 Å². The van der Waals surface area contributed by atoms with Crippen LogP contribution in [0.4, 0.5) is 5.69 Å². The number of benzene rings is 1.